The second-order valence-corrected chi connectivity index (χ2v) is 5.27. The number of ether oxygens (including phenoxy) is 2. The number of carbonyl (C=O) groups excluding carboxylic acids is 1. The largest absolute Gasteiger partial charge is 0.495 e. The lowest BCUT2D eigenvalue weighted by atomic mass is 10.1. The van der Waals surface area contributed by atoms with E-state index in [1.165, 1.54) is 7.11 Å². The van der Waals surface area contributed by atoms with Crippen molar-refractivity contribution in [3.63, 3.8) is 0 Å². The molecule has 0 amide bonds. The highest BCUT2D eigenvalue weighted by Crippen LogP contribution is 2.27. The lowest BCUT2D eigenvalue weighted by Gasteiger charge is -2.08. The van der Waals surface area contributed by atoms with Crippen LogP contribution in [0.3, 0.4) is 0 Å². The van der Waals surface area contributed by atoms with Gasteiger partial charge in [-0.3, -0.25) is 0 Å². The number of aliphatic imine (C=N–C) groups is 1. The summed E-state index contributed by atoms with van der Waals surface area (Å²) in [7, 11) is 2.90. The Kier molecular flexibility index (Phi) is 8.50. The van der Waals surface area contributed by atoms with Gasteiger partial charge in [0, 0.05) is 5.69 Å². The molecule has 0 aliphatic carbocycles. The van der Waals surface area contributed by atoms with Gasteiger partial charge < -0.3 is 20.5 Å². The maximum atomic E-state index is 11.4. The van der Waals surface area contributed by atoms with Crippen LogP contribution in [-0.2, 0) is 11.3 Å². The third-order valence-electron chi connectivity index (χ3n) is 3.23. The van der Waals surface area contributed by atoms with E-state index >= 15 is 0 Å². The van der Waals surface area contributed by atoms with E-state index in [1.54, 1.807) is 49.6 Å². The SMILES string of the molecule is COC(=O)c1ccc(CN=C(N)Nc2ccc(OC)c(Cl)c2)cc1.I. The van der Waals surface area contributed by atoms with E-state index < -0.39 is 0 Å². The smallest absolute Gasteiger partial charge is 0.337 e. The number of nitrogens with two attached hydrogens (primary N) is 1. The topological polar surface area (TPSA) is 85.9 Å². The lowest BCUT2D eigenvalue weighted by Crippen LogP contribution is -2.22. The standard InChI is InChI=1S/C17H18ClN3O3.HI/c1-23-15-8-7-13(9-14(15)18)21-17(19)20-10-11-3-5-12(6-4-11)16(22)24-2;/h3-9H,10H2,1-2H3,(H3,19,20,21);1H. The van der Waals surface area contributed by atoms with E-state index in [1.807, 2.05) is 0 Å². The van der Waals surface area contributed by atoms with Gasteiger partial charge in [0.25, 0.3) is 0 Å². The number of nitrogens with one attached hydrogen (secondary N) is 1. The number of anilines is 1. The van der Waals surface area contributed by atoms with Crippen LogP contribution in [0.2, 0.25) is 5.02 Å². The van der Waals surface area contributed by atoms with Crippen molar-refractivity contribution in [2.24, 2.45) is 10.7 Å². The zero-order valence-electron chi connectivity index (χ0n) is 13.8. The maximum Gasteiger partial charge on any atom is 0.337 e. The molecule has 2 rings (SSSR count). The summed E-state index contributed by atoms with van der Waals surface area (Å²) in [6.45, 7) is 0.379. The van der Waals surface area contributed by atoms with Crippen LogP contribution < -0.4 is 15.8 Å². The molecule has 8 heteroatoms. The molecule has 0 saturated heterocycles. The highest BCUT2D eigenvalue weighted by molar-refractivity contribution is 14.0. The summed E-state index contributed by atoms with van der Waals surface area (Å²) in [4.78, 5) is 15.6. The Morgan fingerprint density at radius 3 is 2.44 bits per heavy atom. The first-order chi connectivity index (χ1) is 11.5. The normalized spacial score (nSPS) is 10.6. The Morgan fingerprint density at radius 1 is 1.20 bits per heavy atom. The van der Waals surface area contributed by atoms with Crippen LogP contribution in [0.15, 0.2) is 47.5 Å². The van der Waals surface area contributed by atoms with Gasteiger partial charge in [-0.25, -0.2) is 9.79 Å². The van der Waals surface area contributed by atoms with Crippen LogP contribution in [0, 0.1) is 0 Å². The Balaban J connectivity index is 0.00000312. The summed E-state index contributed by atoms with van der Waals surface area (Å²) in [5, 5.41) is 3.44. The Bertz CT molecular complexity index is 751. The number of nitrogens with zero attached hydrogens (tertiary/aromatic N) is 1. The van der Waals surface area contributed by atoms with Crippen LogP contribution in [0.25, 0.3) is 0 Å². The highest BCUT2D eigenvalue weighted by Gasteiger charge is 2.05. The number of hydrogen-bond acceptors (Lipinski definition) is 4. The van der Waals surface area contributed by atoms with Crippen LogP contribution in [0.4, 0.5) is 5.69 Å². The minimum atomic E-state index is -0.373. The minimum Gasteiger partial charge on any atom is -0.495 e. The van der Waals surface area contributed by atoms with Gasteiger partial charge in [0.05, 0.1) is 31.4 Å². The van der Waals surface area contributed by atoms with E-state index in [2.05, 4.69) is 15.0 Å². The van der Waals surface area contributed by atoms with E-state index in [-0.39, 0.29) is 35.9 Å². The predicted molar refractivity (Wildman–Crippen MR) is 110 cm³/mol. The predicted octanol–water partition coefficient (Wildman–Crippen LogP) is 3.68. The minimum absolute atomic E-state index is 0. The number of halogens is 2. The molecular weight excluding hydrogens is 457 g/mol. The first-order valence-corrected chi connectivity index (χ1v) is 7.49. The van der Waals surface area contributed by atoms with Gasteiger partial charge in [-0.2, -0.15) is 0 Å². The number of methoxy groups -OCH3 is 2. The molecule has 6 nitrogen and oxygen atoms in total. The monoisotopic (exact) mass is 475 g/mol. The molecule has 0 spiro atoms. The zero-order chi connectivity index (χ0) is 17.5. The summed E-state index contributed by atoms with van der Waals surface area (Å²) < 4.78 is 9.74. The first-order valence-electron chi connectivity index (χ1n) is 7.11. The molecule has 0 aromatic heterocycles. The van der Waals surface area contributed by atoms with Crippen molar-refractivity contribution in [3.05, 3.63) is 58.6 Å². The molecule has 134 valence electrons. The van der Waals surface area contributed by atoms with Gasteiger partial charge in [-0.05, 0) is 35.9 Å². The molecule has 0 saturated carbocycles. The van der Waals surface area contributed by atoms with Gasteiger partial charge >= 0.3 is 5.97 Å². The third-order valence-corrected chi connectivity index (χ3v) is 3.53. The fourth-order valence-electron chi connectivity index (χ4n) is 1.97. The second-order valence-electron chi connectivity index (χ2n) is 4.86. The quantitative estimate of drug-likeness (QED) is 0.298. The molecule has 3 N–H and O–H groups in total. The number of guanidine groups is 1. The second kappa shape index (κ2) is 10.1. The fraction of sp³-hybridized carbons (Fsp3) is 0.176. The van der Waals surface area contributed by atoms with E-state index in [0.29, 0.717) is 28.6 Å². The van der Waals surface area contributed by atoms with Gasteiger partial charge in [0.15, 0.2) is 5.96 Å². The Labute approximate surface area is 168 Å². The molecule has 0 aliphatic rings. The highest BCUT2D eigenvalue weighted by atomic mass is 127. The van der Waals surface area contributed by atoms with Crippen LogP contribution >= 0.6 is 35.6 Å². The molecule has 0 unspecified atom stereocenters. The van der Waals surface area contributed by atoms with Crippen molar-refractivity contribution >= 4 is 53.2 Å². The average Bonchev–Trinajstić information content (AvgIpc) is 2.60. The van der Waals surface area contributed by atoms with Gasteiger partial charge in [0.1, 0.15) is 5.75 Å². The molecule has 2 aromatic carbocycles. The van der Waals surface area contributed by atoms with E-state index in [9.17, 15) is 4.79 Å². The first kappa shape index (κ1) is 21.0. The summed E-state index contributed by atoms with van der Waals surface area (Å²) in [6.07, 6.45) is 0. The maximum absolute atomic E-state index is 11.4. The summed E-state index contributed by atoms with van der Waals surface area (Å²) >= 11 is 6.05. The Morgan fingerprint density at radius 2 is 1.88 bits per heavy atom. The van der Waals surface area contributed by atoms with Crippen molar-refractivity contribution in [1.29, 1.82) is 0 Å². The van der Waals surface area contributed by atoms with Crippen molar-refractivity contribution in [3.8, 4) is 5.75 Å². The summed E-state index contributed by atoms with van der Waals surface area (Å²) in [5.41, 5.74) is 7.98. The number of benzene rings is 2. The zero-order valence-corrected chi connectivity index (χ0v) is 16.9. The van der Waals surface area contributed by atoms with Crippen molar-refractivity contribution < 1.29 is 14.3 Å². The number of carbonyl (C=O) groups is 1. The number of hydrogen-bond donors (Lipinski definition) is 2. The average molecular weight is 476 g/mol. The molecule has 0 bridgehead atoms. The number of esters is 1. The molecule has 2 aromatic rings. The molecule has 0 atom stereocenters. The van der Waals surface area contributed by atoms with Crippen LogP contribution in [-0.4, -0.2) is 26.1 Å². The van der Waals surface area contributed by atoms with E-state index in [4.69, 9.17) is 22.1 Å². The van der Waals surface area contributed by atoms with Gasteiger partial charge in [-0.1, -0.05) is 23.7 Å². The molecular formula is C17H19ClIN3O3. The van der Waals surface area contributed by atoms with Crippen molar-refractivity contribution in [1.82, 2.24) is 0 Å². The number of rotatable bonds is 5. The fourth-order valence-corrected chi connectivity index (χ4v) is 2.23. The molecule has 0 radical (unpaired) electrons. The van der Waals surface area contributed by atoms with E-state index in [0.717, 1.165) is 5.56 Å². The van der Waals surface area contributed by atoms with Crippen molar-refractivity contribution in [2.45, 2.75) is 6.54 Å². The molecule has 0 aliphatic heterocycles. The van der Waals surface area contributed by atoms with Gasteiger partial charge in [-0.15, -0.1) is 24.0 Å². The summed E-state index contributed by atoms with van der Waals surface area (Å²) in [6, 6.07) is 12.2. The molecule has 0 fully saturated rings. The Hall–Kier alpha value is -2.00. The lowest BCUT2D eigenvalue weighted by molar-refractivity contribution is 0.0600. The molecule has 25 heavy (non-hydrogen) atoms. The van der Waals surface area contributed by atoms with Crippen LogP contribution in [0.1, 0.15) is 15.9 Å². The summed E-state index contributed by atoms with van der Waals surface area (Å²) in [5.74, 6) is 0.472. The van der Waals surface area contributed by atoms with Crippen LogP contribution in [0.5, 0.6) is 5.75 Å². The third kappa shape index (κ3) is 6.09. The van der Waals surface area contributed by atoms with Crippen molar-refractivity contribution in [2.75, 3.05) is 19.5 Å². The molecule has 0 heterocycles. The van der Waals surface area contributed by atoms with Gasteiger partial charge in [0.2, 0.25) is 0 Å².